The number of carbonyl (C=O) groups excluding carboxylic acids is 1. The molecule has 1 nitrogen and oxygen atoms in total. The lowest BCUT2D eigenvalue weighted by atomic mass is 10.1. The van der Waals surface area contributed by atoms with Crippen LogP contribution in [0.4, 0.5) is 8.78 Å². The summed E-state index contributed by atoms with van der Waals surface area (Å²) in [5.41, 5.74) is 0.444. The molecule has 4 heteroatoms. The van der Waals surface area contributed by atoms with Crippen LogP contribution >= 0.6 is 15.9 Å². The van der Waals surface area contributed by atoms with Crippen LogP contribution in [0.3, 0.4) is 0 Å². The number of carbonyl (C=O) groups is 1. The van der Waals surface area contributed by atoms with E-state index in [1.54, 1.807) is 24.3 Å². The highest BCUT2D eigenvalue weighted by Gasteiger charge is 2.34. The van der Waals surface area contributed by atoms with E-state index in [1.165, 1.54) is 0 Å². The number of hydrogen-bond donors (Lipinski definition) is 0. The third-order valence-corrected chi connectivity index (χ3v) is 2.32. The molecule has 0 saturated carbocycles. The van der Waals surface area contributed by atoms with Crippen LogP contribution < -0.4 is 0 Å². The molecule has 14 heavy (non-hydrogen) atoms. The molecule has 76 valence electrons. The summed E-state index contributed by atoms with van der Waals surface area (Å²) in [6.07, 6.45) is -0.540. The van der Waals surface area contributed by atoms with Gasteiger partial charge in [0.05, 0.1) is 0 Å². The summed E-state index contributed by atoms with van der Waals surface area (Å²) in [6.45, 7) is 0.901. The fourth-order valence-corrected chi connectivity index (χ4v) is 1.47. The first-order valence-electron chi connectivity index (χ1n) is 4.05. The van der Waals surface area contributed by atoms with Gasteiger partial charge in [-0.1, -0.05) is 28.1 Å². The first-order chi connectivity index (χ1) is 6.42. The van der Waals surface area contributed by atoms with Crippen molar-refractivity contribution in [3.05, 3.63) is 34.3 Å². The van der Waals surface area contributed by atoms with E-state index in [1.807, 2.05) is 0 Å². The summed E-state index contributed by atoms with van der Waals surface area (Å²) >= 11 is 3.18. The van der Waals surface area contributed by atoms with Gasteiger partial charge < -0.3 is 0 Å². The van der Waals surface area contributed by atoms with Gasteiger partial charge in [0, 0.05) is 17.8 Å². The number of rotatable bonds is 3. The molecule has 1 rings (SSSR count). The van der Waals surface area contributed by atoms with Crippen LogP contribution in [-0.2, 0) is 11.2 Å². The van der Waals surface area contributed by atoms with Crippen molar-refractivity contribution >= 4 is 21.7 Å². The van der Waals surface area contributed by atoms with E-state index in [2.05, 4.69) is 15.9 Å². The number of benzene rings is 1. The molecule has 0 atom stereocenters. The number of alkyl halides is 2. The van der Waals surface area contributed by atoms with Crippen LogP contribution in [0.25, 0.3) is 0 Å². The molecule has 0 fully saturated rings. The van der Waals surface area contributed by atoms with Crippen molar-refractivity contribution in [3.8, 4) is 0 Å². The van der Waals surface area contributed by atoms with Crippen molar-refractivity contribution in [1.29, 1.82) is 0 Å². The zero-order chi connectivity index (χ0) is 10.8. The maximum atomic E-state index is 13.0. The summed E-state index contributed by atoms with van der Waals surface area (Å²) < 4.78 is 26.7. The average Bonchev–Trinajstić information content (AvgIpc) is 2.02. The molecule has 0 amide bonds. The minimum absolute atomic E-state index is 0.444. The minimum Gasteiger partial charge on any atom is -0.293 e. The SMILES string of the molecule is CC(=O)C(F)(F)Cc1cccc(Br)c1. The third kappa shape index (κ3) is 2.87. The van der Waals surface area contributed by atoms with Crippen molar-refractivity contribution in [2.24, 2.45) is 0 Å². The van der Waals surface area contributed by atoms with Gasteiger partial charge in [0.1, 0.15) is 0 Å². The molecule has 0 saturated heterocycles. The maximum Gasteiger partial charge on any atom is 0.308 e. The second-order valence-electron chi connectivity index (χ2n) is 3.07. The van der Waals surface area contributed by atoms with Gasteiger partial charge in [-0.15, -0.1) is 0 Å². The zero-order valence-corrected chi connectivity index (χ0v) is 9.14. The van der Waals surface area contributed by atoms with Crippen molar-refractivity contribution < 1.29 is 13.6 Å². The zero-order valence-electron chi connectivity index (χ0n) is 7.56. The van der Waals surface area contributed by atoms with Gasteiger partial charge in [-0.05, 0) is 17.7 Å². The lowest BCUT2D eigenvalue weighted by Crippen LogP contribution is -2.28. The predicted octanol–water partition coefficient (Wildman–Crippen LogP) is 3.22. The second-order valence-corrected chi connectivity index (χ2v) is 3.98. The standard InChI is InChI=1S/C10H9BrF2O/c1-7(14)10(12,13)6-8-3-2-4-9(11)5-8/h2-5H,6H2,1H3. The van der Waals surface area contributed by atoms with E-state index in [4.69, 9.17) is 0 Å². The van der Waals surface area contributed by atoms with E-state index >= 15 is 0 Å². The fourth-order valence-electron chi connectivity index (χ4n) is 1.03. The lowest BCUT2D eigenvalue weighted by molar-refractivity contribution is -0.140. The van der Waals surface area contributed by atoms with Gasteiger partial charge in [0.2, 0.25) is 0 Å². The predicted molar refractivity (Wildman–Crippen MR) is 53.5 cm³/mol. The van der Waals surface area contributed by atoms with Gasteiger partial charge in [0.15, 0.2) is 5.78 Å². The van der Waals surface area contributed by atoms with E-state index in [-0.39, 0.29) is 0 Å². The Morgan fingerprint density at radius 3 is 2.64 bits per heavy atom. The van der Waals surface area contributed by atoms with E-state index in [0.29, 0.717) is 5.56 Å². The van der Waals surface area contributed by atoms with Gasteiger partial charge in [-0.3, -0.25) is 4.79 Å². The normalized spacial score (nSPS) is 11.4. The van der Waals surface area contributed by atoms with E-state index in [9.17, 15) is 13.6 Å². The fraction of sp³-hybridized carbons (Fsp3) is 0.300. The summed E-state index contributed by atoms with van der Waals surface area (Å²) in [5.74, 6) is -4.36. The molecule has 0 radical (unpaired) electrons. The second kappa shape index (κ2) is 4.17. The topological polar surface area (TPSA) is 17.1 Å². The molecule has 0 aliphatic carbocycles. The van der Waals surface area contributed by atoms with Crippen molar-refractivity contribution in [2.45, 2.75) is 19.3 Å². The molecule has 0 aliphatic heterocycles. The van der Waals surface area contributed by atoms with Crippen LogP contribution in [0, 0.1) is 0 Å². The summed E-state index contributed by atoms with van der Waals surface area (Å²) in [5, 5.41) is 0. The van der Waals surface area contributed by atoms with E-state index in [0.717, 1.165) is 11.4 Å². The van der Waals surface area contributed by atoms with Gasteiger partial charge in [-0.25, -0.2) is 0 Å². The molecular formula is C10H9BrF2O. The van der Waals surface area contributed by atoms with Gasteiger partial charge in [-0.2, -0.15) is 8.78 Å². The number of Topliss-reactive ketones (excluding diaryl/α,β-unsaturated/α-hetero) is 1. The Kier molecular flexibility index (Phi) is 3.37. The summed E-state index contributed by atoms with van der Waals surface area (Å²) in [6, 6.07) is 6.56. The largest absolute Gasteiger partial charge is 0.308 e. The maximum absolute atomic E-state index is 13.0. The molecule has 0 unspecified atom stereocenters. The number of hydrogen-bond acceptors (Lipinski definition) is 1. The highest BCUT2D eigenvalue weighted by Crippen LogP contribution is 2.22. The molecule has 0 N–H and O–H groups in total. The van der Waals surface area contributed by atoms with Crippen LogP contribution in [-0.4, -0.2) is 11.7 Å². The van der Waals surface area contributed by atoms with Crippen LogP contribution in [0.15, 0.2) is 28.7 Å². The Labute approximate surface area is 89.3 Å². The lowest BCUT2D eigenvalue weighted by Gasteiger charge is -2.12. The molecular weight excluding hydrogens is 254 g/mol. The highest BCUT2D eigenvalue weighted by molar-refractivity contribution is 9.10. The number of ketones is 1. The van der Waals surface area contributed by atoms with Gasteiger partial charge in [0.25, 0.3) is 0 Å². The molecule has 0 bridgehead atoms. The van der Waals surface area contributed by atoms with Crippen LogP contribution in [0.5, 0.6) is 0 Å². The quantitative estimate of drug-likeness (QED) is 0.818. The molecule has 0 aromatic heterocycles. The van der Waals surface area contributed by atoms with Gasteiger partial charge >= 0.3 is 5.92 Å². The molecule has 0 aliphatic rings. The van der Waals surface area contributed by atoms with Crippen LogP contribution in [0.2, 0.25) is 0 Å². The number of halogens is 3. The Hall–Kier alpha value is -0.770. The Morgan fingerprint density at radius 2 is 2.14 bits per heavy atom. The molecule has 0 heterocycles. The Balaban J connectivity index is 2.83. The Morgan fingerprint density at radius 1 is 1.50 bits per heavy atom. The van der Waals surface area contributed by atoms with Crippen LogP contribution in [0.1, 0.15) is 12.5 Å². The molecule has 1 aromatic carbocycles. The summed E-state index contributed by atoms with van der Waals surface area (Å²) in [4.78, 5) is 10.6. The molecule has 1 aromatic rings. The molecule has 0 spiro atoms. The minimum atomic E-state index is -3.26. The first kappa shape index (κ1) is 11.3. The van der Waals surface area contributed by atoms with Crippen molar-refractivity contribution in [1.82, 2.24) is 0 Å². The van der Waals surface area contributed by atoms with Crippen molar-refractivity contribution in [2.75, 3.05) is 0 Å². The highest BCUT2D eigenvalue weighted by atomic mass is 79.9. The first-order valence-corrected chi connectivity index (χ1v) is 4.84. The monoisotopic (exact) mass is 262 g/mol. The third-order valence-electron chi connectivity index (χ3n) is 1.83. The summed E-state index contributed by atoms with van der Waals surface area (Å²) in [7, 11) is 0. The average molecular weight is 263 g/mol. The smallest absolute Gasteiger partial charge is 0.293 e. The van der Waals surface area contributed by atoms with Crippen molar-refractivity contribution in [3.63, 3.8) is 0 Å². The Bertz CT molecular complexity index is 350. The van der Waals surface area contributed by atoms with E-state index < -0.39 is 18.1 Å².